The fraction of sp³-hybridized carbons (Fsp3) is 0.471. The van der Waals surface area contributed by atoms with Crippen LogP contribution in [-0.4, -0.2) is 35.6 Å². The molecule has 1 N–H and O–H groups in total. The predicted octanol–water partition coefficient (Wildman–Crippen LogP) is 2.46. The standard InChI is InChI=1S/C17H23NO2/c1-5-18(12-13(2)3)17(20)16-9-8-15(7-6-10-19)14(4)11-16/h8-9,11,13,19H,5,10,12H2,1-4H3. The first-order valence-electron chi connectivity index (χ1n) is 6.99. The lowest BCUT2D eigenvalue weighted by molar-refractivity contribution is 0.0745. The second-order valence-electron chi connectivity index (χ2n) is 5.23. The lowest BCUT2D eigenvalue weighted by Crippen LogP contribution is -2.34. The number of benzene rings is 1. The summed E-state index contributed by atoms with van der Waals surface area (Å²) >= 11 is 0. The van der Waals surface area contributed by atoms with Gasteiger partial charge in [0.15, 0.2) is 0 Å². The maximum absolute atomic E-state index is 12.4. The van der Waals surface area contributed by atoms with Crippen LogP contribution in [0.25, 0.3) is 0 Å². The molecule has 1 aromatic rings. The number of rotatable bonds is 4. The third-order valence-electron chi connectivity index (χ3n) is 3.03. The maximum atomic E-state index is 12.4. The van der Waals surface area contributed by atoms with E-state index in [1.54, 1.807) is 6.07 Å². The van der Waals surface area contributed by atoms with Gasteiger partial charge in [0.1, 0.15) is 6.61 Å². The van der Waals surface area contributed by atoms with Gasteiger partial charge in [-0.05, 0) is 43.5 Å². The Balaban J connectivity index is 2.96. The van der Waals surface area contributed by atoms with Gasteiger partial charge in [0, 0.05) is 24.2 Å². The summed E-state index contributed by atoms with van der Waals surface area (Å²) in [7, 11) is 0. The van der Waals surface area contributed by atoms with E-state index < -0.39 is 0 Å². The van der Waals surface area contributed by atoms with Crippen molar-refractivity contribution in [1.29, 1.82) is 0 Å². The van der Waals surface area contributed by atoms with Crippen LogP contribution in [0.4, 0.5) is 0 Å². The van der Waals surface area contributed by atoms with Crippen molar-refractivity contribution < 1.29 is 9.90 Å². The molecule has 0 aromatic heterocycles. The van der Waals surface area contributed by atoms with E-state index in [-0.39, 0.29) is 12.5 Å². The SMILES string of the molecule is CCN(CC(C)C)C(=O)c1ccc(C#CCO)c(C)c1. The molecule has 0 fully saturated rings. The molecule has 0 radical (unpaired) electrons. The predicted molar refractivity (Wildman–Crippen MR) is 81.6 cm³/mol. The molecule has 1 amide bonds. The molecule has 1 rings (SSSR count). The smallest absolute Gasteiger partial charge is 0.253 e. The van der Waals surface area contributed by atoms with Crippen LogP contribution in [-0.2, 0) is 0 Å². The number of carbonyl (C=O) groups is 1. The molecular weight excluding hydrogens is 250 g/mol. The molecule has 0 bridgehead atoms. The van der Waals surface area contributed by atoms with E-state index in [0.29, 0.717) is 18.0 Å². The van der Waals surface area contributed by atoms with Crippen molar-refractivity contribution in [2.24, 2.45) is 5.92 Å². The first-order chi connectivity index (χ1) is 9.49. The van der Waals surface area contributed by atoms with E-state index in [2.05, 4.69) is 25.7 Å². The monoisotopic (exact) mass is 273 g/mol. The number of hydrogen-bond acceptors (Lipinski definition) is 2. The summed E-state index contributed by atoms with van der Waals surface area (Å²) in [5.74, 6) is 6.02. The molecular formula is C17H23NO2. The van der Waals surface area contributed by atoms with Gasteiger partial charge in [-0.1, -0.05) is 25.7 Å². The Kier molecular flexibility index (Phi) is 6.27. The fourth-order valence-corrected chi connectivity index (χ4v) is 2.05. The maximum Gasteiger partial charge on any atom is 0.253 e. The summed E-state index contributed by atoms with van der Waals surface area (Å²) < 4.78 is 0. The van der Waals surface area contributed by atoms with Gasteiger partial charge in [-0.2, -0.15) is 0 Å². The first-order valence-corrected chi connectivity index (χ1v) is 6.99. The molecule has 20 heavy (non-hydrogen) atoms. The third kappa shape index (κ3) is 4.40. The van der Waals surface area contributed by atoms with Crippen LogP contribution in [0.2, 0.25) is 0 Å². The van der Waals surface area contributed by atoms with Gasteiger partial charge in [0.2, 0.25) is 0 Å². The van der Waals surface area contributed by atoms with Gasteiger partial charge in [0.25, 0.3) is 5.91 Å². The Morgan fingerprint density at radius 1 is 1.40 bits per heavy atom. The summed E-state index contributed by atoms with van der Waals surface area (Å²) in [5.41, 5.74) is 2.50. The topological polar surface area (TPSA) is 40.5 Å². The fourth-order valence-electron chi connectivity index (χ4n) is 2.05. The van der Waals surface area contributed by atoms with E-state index in [0.717, 1.165) is 17.7 Å². The summed E-state index contributed by atoms with van der Waals surface area (Å²) in [6.45, 7) is 9.45. The minimum atomic E-state index is -0.155. The van der Waals surface area contributed by atoms with Crippen LogP contribution >= 0.6 is 0 Å². The van der Waals surface area contributed by atoms with E-state index in [9.17, 15) is 4.79 Å². The minimum absolute atomic E-state index is 0.0611. The van der Waals surface area contributed by atoms with Crippen LogP contribution in [0.1, 0.15) is 42.3 Å². The van der Waals surface area contributed by atoms with Crippen LogP contribution in [0, 0.1) is 24.7 Å². The quantitative estimate of drug-likeness (QED) is 0.856. The molecule has 0 atom stereocenters. The molecule has 0 saturated carbocycles. The average Bonchev–Trinajstić information content (AvgIpc) is 2.42. The Labute approximate surface area is 121 Å². The first kappa shape index (κ1) is 16.3. The lowest BCUT2D eigenvalue weighted by Gasteiger charge is -2.23. The van der Waals surface area contributed by atoms with Crippen molar-refractivity contribution in [3.05, 3.63) is 34.9 Å². The summed E-state index contributed by atoms with van der Waals surface area (Å²) in [6, 6.07) is 5.51. The van der Waals surface area contributed by atoms with Crippen LogP contribution in [0.15, 0.2) is 18.2 Å². The zero-order valence-electron chi connectivity index (χ0n) is 12.7. The van der Waals surface area contributed by atoms with Crippen LogP contribution in [0.5, 0.6) is 0 Å². The van der Waals surface area contributed by atoms with E-state index in [1.807, 2.05) is 30.9 Å². The third-order valence-corrected chi connectivity index (χ3v) is 3.03. The number of aryl methyl sites for hydroxylation is 1. The number of hydrogen-bond donors (Lipinski definition) is 1. The van der Waals surface area contributed by atoms with Crippen LogP contribution in [0.3, 0.4) is 0 Å². The number of nitrogens with zero attached hydrogens (tertiary/aromatic N) is 1. The average molecular weight is 273 g/mol. The zero-order chi connectivity index (χ0) is 15.1. The van der Waals surface area contributed by atoms with Crippen molar-refractivity contribution >= 4 is 5.91 Å². The Morgan fingerprint density at radius 3 is 2.60 bits per heavy atom. The summed E-state index contributed by atoms with van der Waals surface area (Å²) in [5, 5.41) is 8.72. The molecule has 0 unspecified atom stereocenters. The Hall–Kier alpha value is -1.79. The van der Waals surface area contributed by atoms with Crippen molar-refractivity contribution in [3.63, 3.8) is 0 Å². The minimum Gasteiger partial charge on any atom is -0.384 e. The van der Waals surface area contributed by atoms with E-state index >= 15 is 0 Å². The largest absolute Gasteiger partial charge is 0.384 e. The lowest BCUT2D eigenvalue weighted by atomic mass is 10.0. The second-order valence-corrected chi connectivity index (χ2v) is 5.23. The summed E-state index contributed by atoms with van der Waals surface area (Å²) in [6.07, 6.45) is 0. The molecule has 0 spiro atoms. The highest BCUT2D eigenvalue weighted by Crippen LogP contribution is 2.13. The van der Waals surface area contributed by atoms with Gasteiger partial charge in [-0.25, -0.2) is 0 Å². The molecule has 108 valence electrons. The zero-order valence-corrected chi connectivity index (χ0v) is 12.7. The highest BCUT2D eigenvalue weighted by Gasteiger charge is 2.15. The van der Waals surface area contributed by atoms with Gasteiger partial charge in [0.05, 0.1) is 0 Å². The molecule has 0 saturated heterocycles. The number of amides is 1. The molecule has 0 aliphatic rings. The number of carbonyl (C=O) groups excluding carboxylic acids is 1. The Bertz CT molecular complexity index is 524. The summed E-state index contributed by atoms with van der Waals surface area (Å²) in [4.78, 5) is 14.3. The number of aliphatic hydroxyl groups is 1. The molecule has 0 aliphatic carbocycles. The molecule has 0 heterocycles. The van der Waals surface area contributed by atoms with Crippen molar-refractivity contribution in [3.8, 4) is 11.8 Å². The van der Waals surface area contributed by atoms with Gasteiger partial charge >= 0.3 is 0 Å². The van der Waals surface area contributed by atoms with Gasteiger partial charge in [-0.15, -0.1) is 0 Å². The van der Waals surface area contributed by atoms with Crippen molar-refractivity contribution in [2.45, 2.75) is 27.7 Å². The van der Waals surface area contributed by atoms with Gasteiger partial charge in [-0.3, -0.25) is 4.79 Å². The second kappa shape index (κ2) is 7.72. The highest BCUT2D eigenvalue weighted by atomic mass is 16.2. The van der Waals surface area contributed by atoms with E-state index in [4.69, 9.17) is 5.11 Å². The van der Waals surface area contributed by atoms with E-state index in [1.165, 1.54) is 0 Å². The van der Waals surface area contributed by atoms with Gasteiger partial charge < -0.3 is 10.0 Å². The highest BCUT2D eigenvalue weighted by molar-refractivity contribution is 5.94. The molecule has 1 aromatic carbocycles. The number of aliphatic hydroxyl groups excluding tert-OH is 1. The van der Waals surface area contributed by atoms with Crippen LogP contribution < -0.4 is 0 Å². The van der Waals surface area contributed by atoms with Crippen molar-refractivity contribution in [2.75, 3.05) is 19.7 Å². The molecule has 3 heteroatoms. The Morgan fingerprint density at radius 2 is 2.10 bits per heavy atom. The van der Waals surface area contributed by atoms with Crippen molar-refractivity contribution in [1.82, 2.24) is 4.90 Å². The normalized spacial score (nSPS) is 10.1. The molecule has 0 aliphatic heterocycles. The molecule has 3 nitrogen and oxygen atoms in total.